The molecule has 0 atom stereocenters. The lowest BCUT2D eigenvalue weighted by Crippen LogP contribution is -2.29. The van der Waals surface area contributed by atoms with Gasteiger partial charge in [0.1, 0.15) is 0 Å². The van der Waals surface area contributed by atoms with Gasteiger partial charge >= 0.3 is 0 Å². The van der Waals surface area contributed by atoms with Gasteiger partial charge in [0.05, 0.1) is 5.41 Å². The quantitative estimate of drug-likeness (QED) is 0.166. The first-order valence-corrected chi connectivity index (χ1v) is 23.5. The molecule has 9 aromatic carbocycles. The molecule has 0 radical (unpaired) electrons. The van der Waals surface area contributed by atoms with Gasteiger partial charge in [0, 0.05) is 16.2 Å². The molecule has 312 valence electrons. The lowest BCUT2D eigenvalue weighted by Gasteiger charge is -2.35. The Morgan fingerprint density at radius 1 is 0.262 bits per heavy atom. The van der Waals surface area contributed by atoms with E-state index >= 15 is 0 Å². The van der Waals surface area contributed by atoms with Gasteiger partial charge in [-0.2, -0.15) is 0 Å². The molecule has 9 aromatic rings. The van der Waals surface area contributed by atoms with Crippen LogP contribution in [0.3, 0.4) is 0 Å². The minimum absolute atomic E-state index is 0.0831. The molecule has 65 heavy (non-hydrogen) atoms. The summed E-state index contributed by atoms with van der Waals surface area (Å²) in [6, 6.07) is 72.7. The Bertz CT molecular complexity index is 3380. The van der Waals surface area contributed by atoms with Gasteiger partial charge in [-0.3, -0.25) is 0 Å². The van der Waals surface area contributed by atoms with Crippen molar-refractivity contribution in [1.82, 2.24) is 0 Å². The lowest BCUT2D eigenvalue weighted by molar-refractivity contribution is 0.659. The third-order valence-corrected chi connectivity index (χ3v) is 16.4. The fraction of sp³-hybridized carbons (Fsp3) is 0.169. The van der Waals surface area contributed by atoms with E-state index in [1.807, 2.05) is 0 Å². The van der Waals surface area contributed by atoms with Crippen molar-refractivity contribution in [3.05, 3.63) is 249 Å². The number of benzene rings is 9. The number of hydrogen-bond donors (Lipinski definition) is 0. The Morgan fingerprint density at radius 2 is 0.631 bits per heavy atom. The average molecular weight is 833 g/mol. The maximum atomic E-state index is 2.54. The largest absolute Gasteiger partial charge is 0.0714 e. The van der Waals surface area contributed by atoms with Crippen molar-refractivity contribution in [2.45, 2.75) is 70.1 Å². The SMILES string of the molecule is Cc1ccc2c(c1)-c1c(ccc3c1-c1ccccc1C3(C)C)C2(c1cccc(-c2cccc3c2-c2ccccc2C3(C)C)c1)c1cccc(-c2cccc3c2-c2ccccc2C3(C)C)c1. The van der Waals surface area contributed by atoms with Crippen molar-refractivity contribution in [3.63, 3.8) is 0 Å². The van der Waals surface area contributed by atoms with Crippen molar-refractivity contribution in [2.24, 2.45) is 0 Å². The van der Waals surface area contributed by atoms with Crippen LogP contribution in [0.25, 0.3) is 66.8 Å². The first kappa shape index (κ1) is 38.4. The van der Waals surface area contributed by atoms with Gasteiger partial charge in [0.15, 0.2) is 0 Å². The smallest absolute Gasteiger partial charge is 0.0619 e. The second-order valence-electron chi connectivity index (χ2n) is 20.8. The van der Waals surface area contributed by atoms with Crippen LogP contribution >= 0.6 is 0 Å². The van der Waals surface area contributed by atoms with Crippen LogP contribution < -0.4 is 0 Å². The van der Waals surface area contributed by atoms with E-state index in [4.69, 9.17) is 0 Å². The Labute approximate surface area is 384 Å². The first-order valence-electron chi connectivity index (χ1n) is 23.5. The summed E-state index contributed by atoms with van der Waals surface area (Å²) in [4.78, 5) is 0. The predicted octanol–water partition coefficient (Wildman–Crippen LogP) is 16.6. The summed E-state index contributed by atoms with van der Waals surface area (Å²) < 4.78 is 0. The zero-order chi connectivity index (χ0) is 44.2. The highest BCUT2D eigenvalue weighted by atomic mass is 14.5. The van der Waals surface area contributed by atoms with Crippen molar-refractivity contribution >= 4 is 0 Å². The van der Waals surface area contributed by atoms with Gasteiger partial charge in [-0.1, -0.05) is 223 Å². The Balaban J connectivity index is 1.12. The first-order chi connectivity index (χ1) is 31.4. The van der Waals surface area contributed by atoms with Crippen molar-refractivity contribution < 1.29 is 0 Å². The maximum Gasteiger partial charge on any atom is 0.0714 e. The molecule has 0 amide bonds. The molecule has 0 fully saturated rings. The van der Waals surface area contributed by atoms with Gasteiger partial charge in [-0.05, 0) is 141 Å². The highest BCUT2D eigenvalue weighted by Gasteiger charge is 2.50. The zero-order valence-electron chi connectivity index (χ0n) is 38.4. The summed E-state index contributed by atoms with van der Waals surface area (Å²) in [5.41, 5.74) is 30.0. The number of aryl methyl sites for hydroxylation is 1. The monoisotopic (exact) mass is 832 g/mol. The number of rotatable bonds is 4. The van der Waals surface area contributed by atoms with E-state index in [1.165, 1.54) is 128 Å². The van der Waals surface area contributed by atoms with Gasteiger partial charge in [0.2, 0.25) is 0 Å². The van der Waals surface area contributed by atoms with E-state index in [9.17, 15) is 0 Å². The molecule has 0 bridgehead atoms. The maximum absolute atomic E-state index is 2.54. The van der Waals surface area contributed by atoms with Crippen LogP contribution in [-0.4, -0.2) is 0 Å². The molecule has 0 heteroatoms. The molecule has 13 rings (SSSR count). The lowest BCUT2D eigenvalue weighted by atomic mass is 9.66. The highest BCUT2D eigenvalue weighted by Crippen LogP contribution is 2.63. The molecular formula is C65H52. The normalized spacial score (nSPS) is 16.4. The van der Waals surface area contributed by atoms with Crippen LogP contribution in [0.4, 0.5) is 0 Å². The predicted molar refractivity (Wildman–Crippen MR) is 272 cm³/mol. The van der Waals surface area contributed by atoms with Gasteiger partial charge in [-0.15, -0.1) is 0 Å². The molecule has 0 aliphatic heterocycles. The van der Waals surface area contributed by atoms with E-state index in [2.05, 4.69) is 237 Å². The molecule has 0 unspecified atom stereocenters. The van der Waals surface area contributed by atoms with Crippen LogP contribution in [-0.2, 0) is 21.7 Å². The molecule has 4 aliphatic rings. The molecule has 0 saturated heterocycles. The summed E-state index contributed by atoms with van der Waals surface area (Å²) in [6.45, 7) is 16.6. The summed E-state index contributed by atoms with van der Waals surface area (Å²) >= 11 is 0. The second-order valence-corrected chi connectivity index (χ2v) is 20.8. The molecule has 0 heterocycles. The molecular weight excluding hydrogens is 781 g/mol. The molecule has 4 aliphatic carbocycles. The van der Waals surface area contributed by atoms with E-state index in [0.29, 0.717) is 0 Å². The standard InChI is InChI=1S/C65H52/c1-39-32-33-53-49(36-39)61-57(35-34-56-60(61)48-24-10-13-29-52(48)64(56,6)7)65(53,42-20-14-18-40(37-42)44-25-16-30-54-58(44)46-22-8-11-27-50(46)62(54,2)3)43-21-15-19-41(38-43)45-26-17-31-55-59(45)47-23-9-12-28-51(47)63(55,4)5/h8-38H,1-7H3. The second kappa shape index (κ2) is 13.0. The fourth-order valence-corrected chi connectivity index (χ4v) is 13.3. The van der Waals surface area contributed by atoms with Crippen molar-refractivity contribution in [1.29, 1.82) is 0 Å². The van der Waals surface area contributed by atoms with E-state index in [1.54, 1.807) is 0 Å². The van der Waals surface area contributed by atoms with Crippen LogP contribution in [0.5, 0.6) is 0 Å². The molecule has 0 spiro atoms. The van der Waals surface area contributed by atoms with Crippen molar-refractivity contribution in [2.75, 3.05) is 0 Å². The minimum atomic E-state index is -0.620. The number of fused-ring (bicyclic) bond motifs is 13. The summed E-state index contributed by atoms with van der Waals surface area (Å²) in [5.74, 6) is 0. The summed E-state index contributed by atoms with van der Waals surface area (Å²) in [5, 5.41) is 0. The highest BCUT2D eigenvalue weighted by molar-refractivity contribution is 6.01. The third-order valence-electron chi connectivity index (χ3n) is 16.4. The average Bonchev–Trinajstić information content (AvgIpc) is 3.93. The molecule has 0 saturated carbocycles. The molecule has 0 N–H and O–H groups in total. The van der Waals surface area contributed by atoms with Gasteiger partial charge in [0.25, 0.3) is 0 Å². The fourth-order valence-electron chi connectivity index (χ4n) is 13.3. The van der Waals surface area contributed by atoms with Crippen LogP contribution in [0.15, 0.2) is 188 Å². The topological polar surface area (TPSA) is 0 Å². The summed E-state index contributed by atoms with van der Waals surface area (Å²) in [7, 11) is 0. The van der Waals surface area contributed by atoms with Crippen molar-refractivity contribution in [3.8, 4) is 66.8 Å². The number of hydrogen-bond acceptors (Lipinski definition) is 0. The van der Waals surface area contributed by atoms with Crippen LogP contribution in [0.1, 0.15) is 103 Å². The van der Waals surface area contributed by atoms with Crippen LogP contribution in [0.2, 0.25) is 0 Å². The van der Waals surface area contributed by atoms with E-state index in [0.717, 1.165) is 0 Å². The minimum Gasteiger partial charge on any atom is -0.0619 e. The Morgan fingerprint density at radius 3 is 1.14 bits per heavy atom. The molecule has 0 nitrogen and oxygen atoms in total. The van der Waals surface area contributed by atoms with E-state index < -0.39 is 5.41 Å². The summed E-state index contributed by atoms with van der Waals surface area (Å²) in [6.07, 6.45) is 0. The van der Waals surface area contributed by atoms with Gasteiger partial charge in [-0.25, -0.2) is 0 Å². The third kappa shape index (κ3) is 4.87. The van der Waals surface area contributed by atoms with Crippen LogP contribution in [0, 0.1) is 6.92 Å². The Kier molecular flexibility index (Phi) is 7.72. The zero-order valence-corrected chi connectivity index (χ0v) is 38.4. The molecule has 0 aromatic heterocycles. The van der Waals surface area contributed by atoms with Gasteiger partial charge < -0.3 is 0 Å². The Hall–Kier alpha value is -7.02. The van der Waals surface area contributed by atoms with E-state index in [-0.39, 0.29) is 16.2 Å².